The molecule has 124 valence electrons. The van der Waals surface area contributed by atoms with Crippen LogP contribution in [-0.4, -0.2) is 14.9 Å². The quantitative estimate of drug-likeness (QED) is 0.748. The van der Waals surface area contributed by atoms with Crippen molar-refractivity contribution < 1.29 is 9.50 Å². The summed E-state index contributed by atoms with van der Waals surface area (Å²) in [6.45, 7) is 4.72. The van der Waals surface area contributed by atoms with Crippen molar-refractivity contribution in [2.24, 2.45) is 0 Å². The average molecular weight is 325 g/mol. The lowest BCUT2D eigenvalue weighted by molar-refractivity contribution is 0.473. The van der Waals surface area contributed by atoms with Gasteiger partial charge in [-0.1, -0.05) is 12.1 Å². The van der Waals surface area contributed by atoms with Gasteiger partial charge in [-0.2, -0.15) is 5.10 Å². The molecule has 1 aromatic heterocycles. The predicted molar refractivity (Wildman–Crippen MR) is 91.6 cm³/mol. The zero-order valence-electron chi connectivity index (χ0n) is 13.7. The monoisotopic (exact) mass is 325 g/mol. The second-order valence-corrected chi connectivity index (χ2v) is 5.85. The summed E-state index contributed by atoms with van der Waals surface area (Å²) in [4.78, 5) is 0. The highest BCUT2D eigenvalue weighted by Crippen LogP contribution is 2.21. The normalized spacial score (nSPS) is 12.3. The zero-order chi connectivity index (χ0) is 17.1. The second kappa shape index (κ2) is 6.84. The lowest BCUT2D eigenvalue weighted by Crippen LogP contribution is -2.18. The Bertz CT molecular complexity index is 827. The highest BCUT2D eigenvalue weighted by Gasteiger charge is 2.14. The number of phenolic OH excluding ortho intramolecular Hbond substituents is 1. The van der Waals surface area contributed by atoms with E-state index in [4.69, 9.17) is 0 Å². The summed E-state index contributed by atoms with van der Waals surface area (Å²) in [6, 6.07) is 13.6. The third kappa shape index (κ3) is 3.46. The Morgan fingerprint density at radius 3 is 2.67 bits per heavy atom. The number of halogens is 1. The molecule has 0 saturated heterocycles. The maximum absolute atomic E-state index is 13.1. The van der Waals surface area contributed by atoms with Crippen LogP contribution in [0.2, 0.25) is 0 Å². The molecule has 5 heteroatoms. The molecule has 3 rings (SSSR count). The largest absolute Gasteiger partial charge is 0.508 e. The number of hydrogen-bond donors (Lipinski definition) is 2. The molecule has 4 nitrogen and oxygen atoms in total. The van der Waals surface area contributed by atoms with Crippen LogP contribution in [0.25, 0.3) is 5.69 Å². The summed E-state index contributed by atoms with van der Waals surface area (Å²) in [7, 11) is 0. The minimum atomic E-state index is -0.259. The molecule has 2 N–H and O–H groups in total. The minimum Gasteiger partial charge on any atom is -0.508 e. The van der Waals surface area contributed by atoms with Gasteiger partial charge in [-0.05, 0) is 55.8 Å². The maximum atomic E-state index is 13.1. The van der Waals surface area contributed by atoms with Crippen molar-refractivity contribution in [3.63, 3.8) is 0 Å². The van der Waals surface area contributed by atoms with Gasteiger partial charge in [0.05, 0.1) is 11.9 Å². The number of nitrogens with zero attached hydrogens (tertiary/aromatic N) is 2. The molecule has 3 aromatic rings. The van der Waals surface area contributed by atoms with Crippen LogP contribution in [0.1, 0.15) is 29.8 Å². The van der Waals surface area contributed by atoms with Crippen LogP contribution < -0.4 is 5.32 Å². The molecule has 0 amide bonds. The summed E-state index contributed by atoms with van der Waals surface area (Å²) >= 11 is 0. The minimum absolute atomic E-state index is 0.0987. The number of benzene rings is 2. The number of aromatic nitrogens is 2. The van der Waals surface area contributed by atoms with E-state index in [1.54, 1.807) is 28.9 Å². The van der Waals surface area contributed by atoms with E-state index in [9.17, 15) is 9.50 Å². The van der Waals surface area contributed by atoms with E-state index >= 15 is 0 Å². The van der Waals surface area contributed by atoms with E-state index in [1.165, 1.54) is 12.1 Å². The Morgan fingerprint density at radius 1 is 1.21 bits per heavy atom. The maximum Gasteiger partial charge on any atom is 0.123 e. The first kappa shape index (κ1) is 16.2. The molecule has 1 atom stereocenters. The number of hydrogen-bond acceptors (Lipinski definition) is 3. The van der Waals surface area contributed by atoms with Crippen LogP contribution in [0.5, 0.6) is 5.75 Å². The van der Waals surface area contributed by atoms with E-state index in [1.807, 2.05) is 25.3 Å². The van der Waals surface area contributed by atoms with Gasteiger partial charge in [0.25, 0.3) is 0 Å². The lowest BCUT2D eigenvalue weighted by Gasteiger charge is -2.14. The average Bonchev–Trinajstić information content (AvgIpc) is 2.95. The molecule has 24 heavy (non-hydrogen) atoms. The molecular formula is C19H20FN3O. The summed E-state index contributed by atoms with van der Waals surface area (Å²) in [5.74, 6) is 0.00666. The molecular weight excluding hydrogens is 305 g/mol. The highest BCUT2D eigenvalue weighted by molar-refractivity contribution is 5.35. The summed E-state index contributed by atoms with van der Waals surface area (Å²) in [6.07, 6.45) is 1.83. The van der Waals surface area contributed by atoms with Gasteiger partial charge in [0, 0.05) is 23.8 Å². The molecule has 0 aliphatic rings. The highest BCUT2D eigenvalue weighted by atomic mass is 19.1. The first-order chi connectivity index (χ1) is 11.5. The van der Waals surface area contributed by atoms with Crippen molar-refractivity contribution in [2.75, 3.05) is 0 Å². The van der Waals surface area contributed by atoms with Crippen LogP contribution in [0, 0.1) is 12.7 Å². The number of rotatable bonds is 5. The van der Waals surface area contributed by atoms with Gasteiger partial charge in [-0.25, -0.2) is 9.07 Å². The first-order valence-corrected chi connectivity index (χ1v) is 7.86. The zero-order valence-corrected chi connectivity index (χ0v) is 13.7. The third-order valence-corrected chi connectivity index (χ3v) is 4.11. The fourth-order valence-electron chi connectivity index (χ4n) is 2.74. The molecule has 0 radical (unpaired) electrons. The number of nitrogens with one attached hydrogen (secondary N) is 1. The molecule has 0 aliphatic carbocycles. The third-order valence-electron chi connectivity index (χ3n) is 4.11. The topological polar surface area (TPSA) is 50.1 Å². The predicted octanol–water partition coefficient (Wildman–Crippen LogP) is 3.88. The second-order valence-electron chi connectivity index (χ2n) is 5.85. The summed E-state index contributed by atoms with van der Waals surface area (Å²) < 4.78 is 14.9. The first-order valence-electron chi connectivity index (χ1n) is 7.86. The van der Waals surface area contributed by atoms with Gasteiger partial charge in [0.15, 0.2) is 0 Å². The molecule has 1 heterocycles. The van der Waals surface area contributed by atoms with Gasteiger partial charge in [0.1, 0.15) is 11.6 Å². The Balaban J connectivity index is 1.74. The van der Waals surface area contributed by atoms with Gasteiger partial charge in [0.2, 0.25) is 0 Å². The van der Waals surface area contributed by atoms with E-state index < -0.39 is 0 Å². The van der Waals surface area contributed by atoms with E-state index in [-0.39, 0.29) is 17.6 Å². The van der Waals surface area contributed by atoms with Crippen molar-refractivity contribution in [2.45, 2.75) is 26.4 Å². The Hall–Kier alpha value is -2.66. The van der Waals surface area contributed by atoms with Crippen molar-refractivity contribution >= 4 is 0 Å². The molecule has 2 aromatic carbocycles. The van der Waals surface area contributed by atoms with Gasteiger partial charge >= 0.3 is 0 Å². The van der Waals surface area contributed by atoms with Gasteiger partial charge in [-0.15, -0.1) is 0 Å². The van der Waals surface area contributed by atoms with Gasteiger partial charge in [-0.3, -0.25) is 0 Å². The Morgan fingerprint density at radius 2 is 1.96 bits per heavy atom. The lowest BCUT2D eigenvalue weighted by atomic mass is 10.1. The van der Waals surface area contributed by atoms with Crippen LogP contribution in [-0.2, 0) is 6.54 Å². The van der Waals surface area contributed by atoms with Crippen molar-refractivity contribution in [1.29, 1.82) is 0 Å². The molecule has 0 unspecified atom stereocenters. The van der Waals surface area contributed by atoms with Gasteiger partial charge < -0.3 is 10.4 Å². The molecule has 0 fully saturated rings. The SMILES string of the molecule is Cc1c([C@@H](C)NCc2cccc(O)c2)cnn1-c1ccc(F)cc1. The van der Waals surface area contributed by atoms with E-state index in [0.29, 0.717) is 6.54 Å². The molecule has 0 aliphatic heterocycles. The van der Waals surface area contributed by atoms with E-state index in [0.717, 1.165) is 22.5 Å². The van der Waals surface area contributed by atoms with Crippen molar-refractivity contribution in [3.8, 4) is 11.4 Å². The fraction of sp³-hybridized carbons (Fsp3) is 0.211. The standard InChI is InChI=1S/C19H20FN3O/c1-13(21-11-15-4-3-5-18(24)10-15)19-12-22-23(14(19)2)17-8-6-16(20)7-9-17/h3-10,12-13,21,24H,11H2,1-2H3/t13-/m1/s1. The van der Waals surface area contributed by atoms with Crippen molar-refractivity contribution in [3.05, 3.63) is 77.4 Å². The van der Waals surface area contributed by atoms with Crippen LogP contribution in [0.15, 0.2) is 54.7 Å². The van der Waals surface area contributed by atoms with Crippen LogP contribution in [0.3, 0.4) is 0 Å². The molecule has 0 spiro atoms. The molecule has 0 bridgehead atoms. The summed E-state index contributed by atoms with van der Waals surface area (Å²) in [5, 5.41) is 17.4. The smallest absolute Gasteiger partial charge is 0.123 e. The number of aromatic hydroxyl groups is 1. The van der Waals surface area contributed by atoms with E-state index in [2.05, 4.69) is 17.3 Å². The summed E-state index contributed by atoms with van der Waals surface area (Å²) in [5.41, 5.74) is 3.95. The van der Waals surface area contributed by atoms with Crippen molar-refractivity contribution in [1.82, 2.24) is 15.1 Å². The fourth-order valence-corrected chi connectivity index (χ4v) is 2.74. The van der Waals surface area contributed by atoms with Crippen LogP contribution >= 0.6 is 0 Å². The number of phenols is 1. The Labute approximate surface area is 140 Å². The van der Waals surface area contributed by atoms with Crippen LogP contribution in [0.4, 0.5) is 4.39 Å². The Kier molecular flexibility index (Phi) is 4.62. The molecule has 0 saturated carbocycles.